The molecule has 0 aliphatic carbocycles. The summed E-state index contributed by atoms with van der Waals surface area (Å²) in [6.45, 7) is 0. The standard InChI is InChI=1S/C11H6Cl2N4O4/c12-6-3-5(4-7(10(6)13)17(20)21)11(19)14-8-1-2-9(18)16-15-8/h1-4H,(H,16,18)(H,14,15,19). The van der Waals surface area contributed by atoms with Gasteiger partial charge in [0, 0.05) is 17.7 Å². The lowest BCUT2D eigenvalue weighted by atomic mass is 10.2. The molecule has 0 saturated heterocycles. The molecule has 1 aromatic heterocycles. The van der Waals surface area contributed by atoms with Gasteiger partial charge in [0.1, 0.15) is 5.02 Å². The highest BCUT2D eigenvalue weighted by Crippen LogP contribution is 2.33. The van der Waals surface area contributed by atoms with Gasteiger partial charge < -0.3 is 5.32 Å². The van der Waals surface area contributed by atoms with E-state index in [4.69, 9.17) is 23.2 Å². The second kappa shape index (κ2) is 5.90. The summed E-state index contributed by atoms with van der Waals surface area (Å²) >= 11 is 11.4. The summed E-state index contributed by atoms with van der Waals surface area (Å²) < 4.78 is 0. The molecule has 2 N–H and O–H groups in total. The molecule has 0 aliphatic heterocycles. The summed E-state index contributed by atoms with van der Waals surface area (Å²) in [4.78, 5) is 32.9. The van der Waals surface area contributed by atoms with E-state index in [1.165, 1.54) is 18.2 Å². The minimum absolute atomic E-state index is 0.0656. The average molecular weight is 329 g/mol. The molecule has 8 nitrogen and oxygen atoms in total. The number of nitrogens with one attached hydrogen (secondary N) is 2. The van der Waals surface area contributed by atoms with Crippen molar-refractivity contribution in [3.8, 4) is 0 Å². The van der Waals surface area contributed by atoms with Crippen LogP contribution in [0.1, 0.15) is 10.4 Å². The van der Waals surface area contributed by atoms with Crippen molar-refractivity contribution in [2.45, 2.75) is 0 Å². The summed E-state index contributed by atoms with van der Waals surface area (Å²) in [5, 5.41) is 18.5. The fourth-order valence-corrected chi connectivity index (χ4v) is 1.83. The summed E-state index contributed by atoms with van der Waals surface area (Å²) in [6.07, 6.45) is 0. The number of anilines is 1. The van der Waals surface area contributed by atoms with Crippen LogP contribution in [0.5, 0.6) is 0 Å². The number of halogens is 2. The van der Waals surface area contributed by atoms with Gasteiger partial charge in [0.05, 0.1) is 9.95 Å². The van der Waals surface area contributed by atoms with E-state index in [9.17, 15) is 19.7 Å². The first kappa shape index (κ1) is 14.9. The first-order valence-corrected chi connectivity index (χ1v) is 6.14. The van der Waals surface area contributed by atoms with Crippen LogP contribution in [-0.4, -0.2) is 21.0 Å². The quantitative estimate of drug-likeness (QED) is 0.661. The van der Waals surface area contributed by atoms with E-state index < -0.39 is 22.1 Å². The third-order valence-electron chi connectivity index (χ3n) is 2.39. The van der Waals surface area contributed by atoms with Gasteiger partial charge in [0.2, 0.25) is 0 Å². The number of H-pyrrole nitrogens is 1. The third kappa shape index (κ3) is 3.36. The molecular formula is C11H6Cl2N4O4. The van der Waals surface area contributed by atoms with E-state index in [1.807, 2.05) is 0 Å². The van der Waals surface area contributed by atoms with Gasteiger partial charge in [-0.25, -0.2) is 5.10 Å². The number of hydrogen-bond acceptors (Lipinski definition) is 5. The largest absolute Gasteiger partial charge is 0.305 e. The van der Waals surface area contributed by atoms with Gasteiger partial charge in [0.15, 0.2) is 5.82 Å². The van der Waals surface area contributed by atoms with Crippen LogP contribution in [0.4, 0.5) is 11.5 Å². The molecule has 0 fully saturated rings. The summed E-state index contributed by atoms with van der Waals surface area (Å²) in [5.41, 5.74) is -0.981. The number of aromatic amines is 1. The summed E-state index contributed by atoms with van der Waals surface area (Å²) in [6, 6.07) is 4.63. The van der Waals surface area contributed by atoms with Gasteiger partial charge in [-0.2, -0.15) is 5.10 Å². The number of nitro benzene ring substituents is 1. The molecule has 0 saturated carbocycles. The Morgan fingerprint density at radius 1 is 1.33 bits per heavy atom. The zero-order valence-corrected chi connectivity index (χ0v) is 11.6. The van der Waals surface area contributed by atoms with Crippen molar-refractivity contribution in [3.63, 3.8) is 0 Å². The number of nitrogens with zero attached hydrogens (tertiary/aromatic N) is 2. The van der Waals surface area contributed by atoms with Crippen LogP contribution >= 0.6 is 23.2 Å². The van der Waals surface area contributed by atoms with Gasteiger partial charge in [-0.05, 0) is 12.1 Å². The van der Waals surface area contributed by atoms with Gasteiger partial charge in [-0.1, -0.05) is 23.2 Å². The van der Waals surface area contributed by atoms with Gasteiger partial charge >= 0.3 is 0 Å². The van der Waals surface area contributed by atoms with Crippen LogP contribution < -0.4 is 10.9 Å². The first-order chi connectivity index (χ1) is 9.88. The average Bonchev–Trinajstić information content (AvgIpc) is 2.43. The predicted octanol–water partition coefficient (Wildman–Crippen LogP) is 2.24. The number of hydrogen-bond donors (Lipinski definition) is 2. The summed E-state index contributed by atoms with van der Waals surface area (Å²) in [7, 11) is 0. The number of benzene rings is 1. The van der Waals surface area contributed by atoms with Crippen molar-refractivity contribution < 1.29 is 9.72 Å². The highest BCUT2D eigenvalue weighted by Gasteiger charge is 2.20. The summed E-state index contributed by atoms with van der Waals surface area (Å²) in [5.74, 6) is -0.607. The van der Waals surface area contributed by atoms with Crippen LogP contribution in [-0.2, 0) is 0 Å². The molecule has 2 rings (SSSR count). The Kier molecular flexibility index (Phi) is 4.20. The van der Waals surface area contributed by atoms with Crippen molar-refractivity contribution in [1.29, 1.82) is 0 Å². The predicted molar refractivity (Wildman–Crippen MR) is 75.9 cm³/mol. The Bertz CT molecular complexity index is 770. The van der Waals surface area contributed by atoms with Crippen LogP contribution in [0, 0.1) is 10.1 Å². The Hall–Kier alpha value is -2.45. The molecular weight excluding hydrogens is 323 g/mol. The maximum absolute atomic E-state index is 12.0. The van der Waals surface area contributed by atoms with Gasteiger partial charge in [-0.15, -0.1) is 0 Å². The maximum Gasteiger partial charge on any atom is 0.290 e. The van der Waals surface area contributed by atoms with E-state index in [-0.39, 0.29) is 21.4 Å². The maximum atomic E-state index is 12.0. The molecule has 0 unspecified atom stereocenters. The number of amides is 1. The molecule has 2 aromatic rings. The molecule has 1 heterocycles. The van der Waals surface area contributed by atoms with Crippen LogP contribution in [0.25, 0.3) is 0 Å². The first-order valence-electron chi connectivity index (χ1n) is 5.39. The Labute approximate surface area is 126 Å². The van der Waals surface area contributed by atoms with Crippen LogP contribution in [0.15, 0.2) is 29.1 Å². The molecule has 0 spiro atoms. The molecule has 1 amide bonds. The Balaban J connectivity index is 2.33. The molecule has 0 radical (unpaired) electrons. The number of carbonyl (C=O) groups is 1. The van der Waals surface area contributed by atoms with E-state index in [2.05, 4.69) is 15.5 Å². The molecule has 0 bridgehead atoms. The SMILES string of the molecule is O=C(Nc1ccc(=O)[nH]n1)c1cc(Cl)c(Cl)c([N+](=O)[O-])c1. The van der Waals surface area contributed by atoms with Crippen molar-refractivity contribution in [3.05, 3.63) is 60.3 Å². The number of aromatic nitrogens is 2. The van der Waals surface area contributed by atoms with E-state index in [0.29, 0.717) is 0 Å². The smallest absolute Gasteiger partial charge is 0.290 e. The zero-order valence-electron chi connectivity index (χ0n) is 10.1. The highest BCUT2D eigenvalue weighted by atomic mass is 35.5. The molecule has 0 atom stereocenters. The van der Waals surface area contributed by atoms with E-state index in [1.54, 1.807) is 0 Å². The monoisotopic (exact) mass is 328 g/mol. The molecule has 0 aliphatic rings. The van der Waals surface area contributed by atoms with Gasteiger partial charge in [-0.3, -0.25) is 19.7 Å². The molecule has 10 heteroatoms. The minimum Gasteiger partial charge on any atom is -0.305 e. The number of rotatable bonds is 3. The highest BCUT2D eigenvalue weighted by molar-refractivity contribution is 6.43. The minimum atomic E-state index is -0.747. The lowest BCUT2D eigenvalue weighted by Gasteiger charge is -2.05. The van der Waals surface area contributed by atoms with Crippen LogP contribution in [0.2, 0.25) is 10.0 Å². The topological polar surface area (TPSA) is 118 Å². The van der Waals surface area contributed by atoms with Crippen molar-refractivity contribution in [2.24, 2.45) is 0 Å². The van der Waals surface area contributed by atoms with Gasteiger partial charge in [0.25, 0.3) is 17.2 Å². The third-order valence-corrected chi connectivity index (χ3v) is 3.18. The molecule has 21 heavy (non-hydrogen) atoms. The number of carbonyl (C=O) groups excluding carboxylic acids is 1. The van der Waals surface area contributed by atoms with E-state index >= 15 is 0 Å². The number of nitro groups is 1. The van der Waals surface area contributed by atoms with Crippen molar-refractivity contribution >= 4 is 40.6 Å². The fraction of sp³-hybridized carbons (Fsp3) is 0. The normalized spacial score (nSPS) is 10.2. The Morgan fingerprint density at radius 3 is 2.62 bits per heavy atom. The van der Waals surface area contributed by atoms with Crippen LogP contribution in [0.3, 0.4) is 0 Å². The molecule has 1 aromatic carbocycles. The lowest BCUT2D eigenvalue weighted by molar-refractivity contribution is -0.384. The van der Waals surface area contributed by atoms with Crippen molar-refractivity contribution in [1.82, 2.24) is 10.2 Å². The second-order valence-electron chi connectivity index (χ2n) is 3.81. The fourth-order valence-electron chi connectivity index (χ4n) is 1.44. The lowest BCUT2D eigenvalue weighted by Crippen LogP contribution is -2.16. The van der Waals surface area contributed by atoms with E-state index in [0.717, 1.165) is 6.07 Å². The van der Waals surface area contributed by atoms with Crippen molar-refractivity contribution in [2.75, 3.05) is 5.32 Å². The zero-order chi connectivity index (χ0) is 15.6. The Morgan fingerprint density at radius 2 is 2.05 bits per heavy atom. The molecule has 108 valence electrons. The second-order valence-corrected chi connectivity index (χ2v) is 4.59.